The van der Waals surface area contributed by atoms with Gasteiger partial charge >= 0.3 is 0 Å². The minimum absolute atomic E-state index is 0.0780. The van der Waals surface area contributed by atoms with Crippen molar-refractivity contribution in [3.8, 4) is 0 Å². The maximum Gasteiger partial charge on any atom is 0.241 e. The molecule has 19 heavy (non-hydrogen) atoms. The van der Waals surface area contributed by atoms with Crippen LogP contribution in [0.5, 0.6) is 0 Å². The zero-order chi connectivity index (χ0) is 13.7. The average Bonchev–Trinajstić information content (AvgIpc) is 2.85. The number of hydrogen-bond donors (Lipinski definition) is 1. The molecule has 2 rings (SSSR count). The molecule has 7 heteroatoms. The second-order valence-electron chi connectivity index (χ2n) is 3.83. The third-order valence-electron chi connectivity index (χ3n) is 2.26. The Bertz CT molecular complexity index is 556. The van der Waals surface area contributed by atoms with Crippen molar-refractivity contribution in [3.05, 3.63) is 35.4 Å². The van der Waals surface area contributed by atoms with E-state index in [2.05, 4.69) is 46.7 Å². The normalized spacial score (nSPS) is 10.4. The number of halogens is 1. The zero-order valence-electron chi connectivity index (χ0n) is 10.2. The molecule has 0 aliphatic heterocycles. The van der Waals surface area contributed by atoms with E-state index in [1.165, 1.54) is 22.5 Å². The van der Waals surface area contributed by atoms with Crippen molar-refractivity contribution in [3.63, 3.8) is 0 Å². The second-order valence-corrected chi connectivity index (χ2v) is 6.30. The Kier molecular flexibility index (Phi) is 5.18. The fourth-order valence-electron chi connectivity index (χ4n) is 1.30. The minimum Gasteiger partial charge on any atom is -0.299 e. The van der Waals surface area contributed by atoms with Crippen LogP contribution in [0.25, 0.3) is 0 Å². The van der Waals surface area contributed by atoms with Gasteiger partial charge in [0.2, 0.25) is 11.0 Å². The van der Waals surface area contributed by atoms with Crippen LogP contribution in [0.4, 0.5) is 5.13 Å². The van der Waals surface area contributed by atoms with Crippen molar-refractivity contribution >= 4 is 45.7 Å². The molecular formula is C12H12ClN3OS2. The number of anilines is 1. The highest BCUT2D eigenvalue weighted by Gasteiger charge is 2.07. The fourth-order valence-corrected chi connectivity index (χ4v) is 3.09. The van der Waals surface area contributed by atoms with Gasteiger partial charge in [0.25, 0.3) is 0 Å². The Balaban J connectivity index is 1.89. The molecule has 1 N–H and O–H groups in total. The largest absolute Gasteiger partial charge is 0.299 e. The molecule has 0 unspecified atom stereocenters. The van der Waals surface area contributed by atoms with E-state index in [4.69, 9.17) is 11.6 Å². The zero-order valence-corrected chi connectivity index (χ0v) is 12.6. The molecule has 0 fully saturated rings. The Morgan fingerprint density at radius 3 is 2.79 bits per heavy atom. The van der Waals surface area contributed by atoms with Crippen LogP contribution < -0.4 is 5.32 Å². The van der Waals surface area contributed by atoms with Gasteiger partial charge in [-0.3, -0.25) is 10.1 Å². The van der Waals surface area contributed by atoms with Gasteiger partial charge in [-0.15, -0.1) is 21.8 Å². The number of aromatic nitrogens is 2. The molecule has 1 heterocycles. The summed E-state index contributed by atoms with van der Waals surface area (Å²) in [7, 11) is 0. The Labute approximate surface area is 124 Å². The standard InChI is InChI=1S/C12H12ClN3OS2/c1-8-2-4-9(5-3-8)7-18-12-16-15-11(19-12)14-10(17)6-13/h2-5H,6-7H2,1H3,(H,14,15,17). The molecule has 1 aromatic heterocycles. The van der Waals surface area contributed by atoms with E-state index in [1.54, 1.807) is 11.8 Å². The Hall–Kier alpha value is -1.11. The molecule has 0 radical (unpaired) electrons. The summed E-state index contributed by atoms with van der Waals surface area (Å²) in [6.45, 7) is 2.06. The van der Waals surface area contributed by atoms with Gasteiger partial charge in [0.1, 0.15) is 5.88 Å². The number of nitrogens with one attached hydrogen (secondary N) is 1. The van der Waals surface area contributed by atoms with Gasteiger partial charge in [-0.2, -0.15) is 0 Å². The predicted octanol–water partition coefficient (Wildman–Crippen LogP) is 3.32. The maximum atomic E-state index is 11.1. The monoisotopic (exact) mass is 313 g/mol. The number of thioether (sulfide) groups is 1. The highest BCUT2D eigenvalue weighted by atomic mass is 35.5. The summed E-state index contributed by atoms with van der Waals surface area (Å²) in [5, 5.41) is 11.0. The molecule has 0 bridgehead atoms. The van der Waals surface area contributed by atoms with Gasteiger partial charge in [-0.1, -0.05) is 52.9 Å². The number of alkyl halides is 1. The van der Waals surface area contributed by atoms with Crippen LogP contribution in [0.3, 0.4) is 0 Å². The van der Waals surface area contributed by atoms with Crippen molar-refractivity contribution in [2.24, 2.45) is 0 Å². The molecule has 1 amide bonds. The van der Waals surface area contributed by atoms with Crippen molar-refractivity contribution in [1.82, 2.24) is 10.2 Å². The molecule has 100 valence electrons. The molecule has 0 spiro atoms. The van der Waals surface area contributed by atoms with Crippen LogP contribution >= 0.6 is 34.7 Å². The highest BCUT2D eigenvalue weighted by Crippen LogP contribution is 2.28. The van der Waals surface area contributed by atoms with Gasteiger partial charge in [0.05, 0.1) is 0 Å². The first-order valence-corrected chi connectivity index (χ1v) is 7.88. The SMILES string of the molecule is Cc1ccc(CSc2nnc(NC(=O)CCl)s2)cc1. The van der Waals surface area contributed by atoms with E-state index in [0.29, 0.717) is 5.13 Å². The van der Waals surface area contributed by atoms with E-state index >= 15 is 0 Å². The van der Waals surface area contributed by atoms with Gasteiger partial charge in [-0.05, 0) is 12.5 Å². The molecule has 0 aliphatic carbocycles. The summed E-state index contributed by atoms with van der Waals surface area (Å²) in [6.07, 6.45) is 0. The first-order chi connectivity index (χ1) is 9.17. The number of benzene rings is 1. The summed E-state index contributed by atoms with van der Waals surface area (Å²) < 4.78 is 0.824. The Morgan fingerprint density at radius 1 is 1.37 bits per heavy atom. The van der Waals surface area contributed by atoms with Crippen LogP contribution in [0.1, 0.15) is 11.1 Å². The molecule has 0 atom stereocenters. The van der Waals surface area contributed by atoms with Crippen molar-refractivity contribution in [2.75, 3.05) is 11.2 Å². The fraction of sp³-hybridized carbons (Fsp3) is 0.250. The second kappa shape index (κ2) is 6.88. The first-order valence-electron chi connectivity index (χ1n) is 5.55. The van der Waals surface area contributed by atoms with Gasteiger partial charge in [0, 0.05) is 5.75 Å². The van der Waals surface area contributed by atoms with Crippen LogP contribution in [0.15, 0.2) is 28.6 Å². The number of carbonyl (C=O) groups is 1. The van der Waals surface area contributed by atoms with Crippen LogP contribution in [0, 0.1) is 6.92 Å². The van der Waals surface area contributed by atoms with Gasteiger partial charge < -0.3 is 0 Å². The van der Waals surface area contributed by atoms with Crippen LogP contribution in [-0.4, -0.2) is 22.0 Å². The minimum atomic E-state index is -0.270. The van der Waals surface area contributed by atoms with E-state index in [0.717, 1.165) is 10.1 Å². The lowest BCUT2D eigenvalue weighted by Crippen LogP contribution is -2.12. The van der Waals surface area contributed by atoms with E-state index in [-0.39, 0.29) is 11.8 Å². The number of carbonyl (C=O) groups excluding carboxylic acids is 1. The van der Waals surface area contributed by atoms with Gasteiger partial charge in [0.15, 0.2) is 4.34 Å². The number of rotatable bonds is 5. The number of amides is 1. The topological polar surface area (TPSA) is 54.9 Å². The van der Waals surface area contributed by atoms with Crippen LogP contribution in [0.2, 0.25) is 0 Å². The number of nitrogens with zero attached hydrogens (tertiary/aromatic N) is 2. The Morgan fingerprint density at radius 2 is 2.11 bits per heavy atom. The molecule has 2 aromatic rings. The summed E-state index contributed by atoms with van der Waals surface area (Å²) in [6, 6.07) is 8.36. The maximum absolute atomic E-state index is 11.1. The third-order valence-corrected chi connectivity index (χ3v) is 4.54. The molecule has 1 aromatic carbocycles. The van der Waals surface area contributed by atoms with Crippen molar-refractivity contribution in [2.45, 2.75) is 17.0 Å². The summed E-state index contributed by atoms with van der Waals surface area (Å²) in [4.78, 5) is 11.1. The van der Waals surface area contributed by atoms with E-state index < -0.39 is 0 Å². The average molecular weight is 314 g/mol. The summed E-state index contributed by atoms with van der Waals surface area (Å²) in [5.41, 5.74) is 2.48. The van der Waals surface area contributed by atoms with Crippen molar-refractivity contribution in [1.29, 1.82) is 0 Å². The van der Waals surface area contributed by atoms with Gasteiger partial charge in [-0.25, -0.2) is 0 Å². The molecule has 4 nitrogen and oxygen atoms in total. The number of aryl methyl sites for hydroxylation is 1. The summed E-state index contributed by atoms with van der Waals surface area (Å²) in [5.74, 6) is 0.483. The van der Waals surface area contributed by atoms with E-state index in [9.17, 15) is 4.79 Å². The lowest BCUT2D eigenvalue weighted by Gasteiger charge is -1.99. The third kappa shape index (κ3) is 4.49. The smallest absolute Gasteiger partial charge is 0.241 e. The molecule has 0 saturated heterocycles. The lowest BCUT2D eigenvalue weighted by atomic mass is 10.2. The van der Waals surface area contributed by atoms with E-state index in [1.807, 2.05) is 0 Å². The lowest BCUT2D eigenvalue weighted by molar-refractivity contribution is -0.113. The molecule has 0 saturated carbocycles. The predicted molar refractivity (Wildman–Crippen MR) is 80.0 cm³/mol. The number of hydrogen-bond acceptors (Lipinski definition) is 5. The van der Waals surface area contributed by atoms with Crippen molar-refractivity contribution < 1.29 is 4.79 Å². The quantitative estimate of drug-likeness (QED) is 0.523. The molecular weight excluding hydrogens is 302 g/mol. The molecule has 0 aliphatic rings. The van der Waals surface area contributed by atoms with Crippen LogP contribution in [-0.2, 0) is 10.5 Å². The first kappa shape index (κ1) is 14.3. The summed E-state index contributed by atoms with van der Waals surface area (Å²) >= 11 is 8.35. The highest BCUT2D eigenvalue weighted by molar-refractivity contribution is 8.00.